The van der Waals surface area contributed by atoms with E-state index >= 15 is 0 Å². The lowest BCUT2D eigenvalue weighted by atomic mass is 10.2. The molecule has 5 heteroatoms. The van der Waals surface area contributed by atoms with Crippen LogP contribution in [0.4, 0.5) is 5.69 Å². The number of carbonyl (C=O) groups is 1. The van der Waals surface area contributed by atoms with Gasteiger partial charge < -0.3 is 16.2 Å². The number of ether oxygens (including phenoxy) is 1. The fourth-order valence-electron chi connectivity index (χ4n) is 1.43. The Morgan fingerprint density at radius 2 is 1.94 bits per heavy atom. The van der Waals surface area contributed by atoms with Gasteiger partial charge >= 0.3 is 0 Å². The number of amides is 1. The quantitative estimate of drug-likeness (QED) is 0.856. The Kier molecular flexibility index (Phi) is 3.53. The first-order valence-corrected chi connectivity index (χ1v) is 5.98. The minimum absolute atomic E-state index is 0.356. The summed E-state index contributed by atoms with van der Waals surface area (Å²) in [6.45, 7) is 0. The molecule has 0 spiro atoms. The maximum Gasteiger partial charge on any atom is 0.248 e. The second-order valence-corrected chi connectivity index (χ2v) is 4.59. The zero-order valence-electron chi connectivity index (χ0n) is 9.39. The van der Waals surface area contributed by atoms with Crippen molar-refractivity contribution in [2.45, 2.75) is 0 Å². The first kappa shape index (κ1) is 12.4. The lowest BCUT2D eigenvalue weighted by Gasteiger charge is -2.09. The molecule has 4 N–H and O–H groups in total. The van der Waals surface area contributed by atoms with Crippen LogP contribution < -0.4 is 16.2 Å². The lowest BCUT2D eigenvalue weighted by Crippen LogP contribution is -2.11. The molecular weight excluding hydrogens is 296 g/mol. The topological polar surface area (TPSA) is 78.3 Å². The zero-order chi connectivity index (χ0) is 13.1. The van der Waals surface area contributed by atoms with Crippen molar-refractivity contribution in [2.75, 3.05) is 5.73 Å². The molecule has 0 aliphatic carbocycles. The van der Waals surface area contributed by atoms with Gasteiger partial charge in [-0.3, -0.25) is 4.79 Å². The van der Waals surface area contributed by atoms with Gasteiger partial charge in [0.2, 0.25) is 5.91 Å². The normalized spacial score (nSPS) is 10.1. The molecule has 1 amide bonds. The molecule has 0 unspecified atom stereocenters. The SMILES string of the molecule is NC(=O)c1ccc(N)c(Oc2cccc(Br)c2)c1. The van der Waals surface area contributed by atoms with Gasteiger partial charge in [0, 0.05) is 10.0 Å². The summed E-state index contributed by atoms with van der Waals surface area (Å²) in [7, 11) is 0. The summed E-state index contributed by atoms with van der Waals surface area (Å²) in [6, 6.07) is 12.0. The van der Waals surface area contributed by atoms with Crippen LogP contribution in [0.5, 0.6) is 11.5 Å². The number of hydrogen-bond acceptors (Lipinski definition) is 3. The number of benzene rings is 2. The molecule has 18 heavy (non-hydrogen) atoms. The average molecular weight is 307 g/mol. The van der Waals surface area contributed by atoms with Gasteiger partial charge in [0.1, 0.15) is 5.75 Å². The van der Waals surface area contributed by atoms with Crippen molar-refractivity contribution in [3.05, 3.63) is 52.5 Å². The van der Waals surface area contributed by atoms with Gasteiger partial charge in [-0.05, 0) is 36.4 Å². The van der Waals surface area contributed by atoms with E-state index in [1.807, 2.05) is 12.1 Å². The van der Waals surface area contributed by atoms with Crippen molar-refractivity contribution in [1.82, 2.24) is 0 Å². The predicted octanol–water partition coefficient (Wildman–Crippen LogP) is 2.92. The van der Waals surface area contributed by atoms with Crippen LogP contribution in [-0.4, -0.2) is 5.91 Å². The number of carbonyl (C=O) groups excluding carboxylic acids is 1. The minimum atomic E-state index is -0.519. The van der Waals surface area contributed by atoms with E-state index in [9.17, 15) is 4.79 Å². The van der Waals surface area contributed by atoms with E-state index in [0.29, 0.717) is 22.7 Å². The minimum Gasteiger partial charge on any atom is -0.455 e. The Balaban J connectivity index is 2.33. The molecule has 4 nitrogen and oxygen atoms in total. The van der Waals surface area contributed by atoms with Crippen LogP contribution in [0.3, 0.4) is 0 Å². The summed E-state index contributed by atoms with van der Waals surface area (Å²) < 4.78 is 6.51. The van der Waals surface area contributed by atoms with Crippen molar-refractivity contribution >= 4 is 27.5 Å². The van der Waals surface area contributed by atoms with Gasteiger partial charge in [-0.1, -0.05) is 22.0 Å². The highest BCUT2D eigenvalue weighted by Crippen LogP contribution is 2.29. The molecular formula is C13H11BrN2O2. The van der Waals surface area contributed by atoms with Crippen LogP contribution in [0.15, 0.2) is 46.9 Å². The Bertz CT molecular complexity index is 599. The van der Waals surface area contributed by atoms with Gasteiger partial charge in [0.05, 0.1) is 5.69 Å². The zero-order valence-corrected chi connectivity index (χ0v) is 11.0. The highest BCUT2D eigenvalue weighted by atomic mass is 79.9. The van der Waals surface area contributed by atoms with E-state index in [4.69, 9.17) is 16.2 Å². The first-order valence-electron chi connectivity index (χ1n) is 5.19. The van der Waals surface area contributed by atoms with Crippen LogP contribution in [0.1, 0.15) is 10.4 Å². The molecule has 0 aromatic heterocycles. The summed E-state index contributed by atoms with van der Waals surface area (Å²) in [4.78, 5) is 11.1. The van der Waals surface area contributed by atoms with Crippen LogP contribution in [0, 0.1) is 0 Å². The fraction of sp³-hybridized carbons (Fsp3) is 0. The number of rotatable bonds is 3. The molecule has 2 aromatic carbocycles. The molecule has 0 saturated carbocycles. The van der Waals surface area contributed by atoms with Gasteiger partial charge in [-0.2, -0.15) is 0 Å². The summed E-state index contributed by atoms with van der Waals surface area (Å²) in [5.74, 6) is 0.510. The molecule has 0 radical (unpaired) electrons. The fourth-order valence-corrected chi connectivity index (χ4v) is 1.81. The van der Waals surface area contributed by atoms with E-state index < -0.39 is 5.91 Å². The smallest absolute Gasteiger partial charge is 0.248 e. The molecule has 0 bridgehead atoms. The molecule has 0 heterocycles. The first-order chi connectivity index (χ1) is 8.56. The van der Waals surface area contributed by atoms with Gasteiger partial charge in [0.25, 0.3) is 0 Å². The number of primary amides is 1. The Morgan fingerprint density at radius 3 is 2.61 bits per heavy atom. The molecule has 0 aliphatic rings. The van der Waals surface area contributed by atoms with Crippen molar-refractivity contribution in [3.63, 3.8) is 0 Å². The summed E-state index contributed by atoms with van der Waals surface area (Å²) in [5, 5.41) is 0. The third kappa shape index (κ3) is 2.81. The van der Waals surface area contributed by atoms with E-state index in [0.717, 1.165) is 4.47 Å². The third-order valence-corrected chi connectivity index (χ3v) is 2.82. The van der Waals surface area contributed by atoms with Crippen molar-refractivity contribution in [2.24, 2.45) is 5.73 Å². The predicted molar refractivity (Wildman–Crippen MR) is 73.6 cm³/mol. The lowest BCUT2D eigenvalue weighted by molar-refractivity contribution is 0.1000. The molecule has 2 aromatic rings. The number of nitrogens with two attached hydrogens (primary N) is 2. The maximum atomic E-state index is 11.1. The van der Waals surface area contributed by atoms with Gasteiger partial charge in [0.15, 0.2) is 5.75 Å². The largest absolute Gasteiger partial charge is 0.455 e. The maximum absolute atomic E-state index is 11.1. The summed E-state index contributed by atoms with van der Waals surface area (Å²) >= 11 is 3.35. The van der Waals surface area contributed by atoms with Crippen molar-refractivity contribution < 1.29 is 9.53 Å². The molecule has 0 saturated heterocycles. The second-order valence-electron chi connectivity index (χ2n) is 3.68. The molecule has 2 rings (SSSR count). The Hall–Kier alpha value is -2.01. The number of hydrogen-bond donors (Lipinski definition) is 2. The number of halogens is 1. The number of nitrogen functional groups attached to an aromatic ring is 1. The van der Waals surface area contributed by atoms with Crippen LogP contribution >= 0.6 is 15.9 Å². The average Bonchev–Trinajstić information content (AvgIpc) is 2.31. The molecule has 0 fully saturated rings. The Labute approximate surface area is 113 Å². The Morgan fingerprint density at radius 1 is 1.17 bits per heavy atom. The summed E-state index contributed by atoms with van der Waals surface area (Å²) in [6.07, 6.45) is 0. The standard InChI is InChI=1S/C13H11BrN2O2/c14-9-2-1-3-10(7-9)18-12-6-8(13(16)17)4-5-11(12)15/h1-7H,15H2,(H2,16,17). The second kappa shape index (κ2) is 5.10. The molecule has 0 atom stereocenters. The van der Waals surface area contributed by atoms with Gasteiger partial charge in [-0.15, -0.1) is 0 Å². The van der Waals surface area contributed by atoms with Gasteiger partial charge in [-0.25, -0.2) is 0 Å². The monoisotopic (exact) mass is 306 g/mol. The van der Waals surface area contributed by atoms with E-state index in [2.05, 4.69) is 15.9 Å². The third-order valence-electron chi connectivity index (χ3n) is 2.32. The number of anilines is 1. The van der Waals surface area contributed by atoms with Crippen LogP contribution in [0.25, 0.3) is 0 Å². The molecule has 92 valence electrons. The van der Waals surface area contributed by atoms with Crippen LogP contribution in [-0.2, 0) is 0 Å². The van der Waals surface area contributed by atoms with E-state index in [-0.39, 0.29) is 0 Å². The van der Waals surface area contributed by atoms with Crippen LogP contribution in [0.2, 0.25) is 0 Å². The van der Waals surface area contributed by atoms with Crippen molar-refractivity contribution in [3.8, 4) is 11.5 Å². The highest BCUT2D eigenvalue weighted by molar-refractivity contribution is 9.10. The summed E-state index contributed by atoms with van der Waals surface area (Å²) in [5.41, 5.74) is 11.8. The van der Waals surface area contributed by atoms with E-state index in [1.54, 1.807) is 24.3 Å². The van der Waals surface area contributed by atoms with E-state index in [1.165, 1.54) is 6.07 Å². The molecule has 0 aliphatic heterocycles. The van der Waals surface area contributed by atoms with Crippen molar-refractivity contribution in [1.29, 1.82) is 0 Å². The highest BCUT2D eigenvalue weighted by Gasteiger charge is 2.07.